The Morgan fingerprint density at radius 2 is 2.46 bits per heavy atom. The molecule has 0 bridgehead atoms. The van der Waals surface area contributed by atoms with Gasteiger partial charge < -0.3 is 0 Å². The Bertz CT molecular complexity index is 453. The van der Waals surface area contributed by atoms with Gasteiger partial charge in [-0.2, -0.15) is 16.6 Å². The minimum atomic E-state index is 0.491. The molecule has 2 heterocycles. The van der Waals surface area contributed by atoms with Crippen molar-refractivity contribution in [3.63, 3.8) is 0 Å². The molecule has 2 rings (SSSR count). The summed E-state index contributed by atoms with van der Waals surface area (Å²) in [5.74, 6) is 0. The van der Waals surface area contributed by atoms with Crippen LogP contribution in [0.25, 0.3) is 0 Å². The van der Waals surface area contributed by atoms with Gasteiger partial charge in [0.25, 0.3) is 0 Å². The molecule has 2 aromatic rings. The highest BCUT2D eigenvalue weighted by atomic mass is 32.1. The van der Waals surface area contributed by atoms with Gasteiger partial charge in [0.2, 0.25) is 4.77 Å². The van der Waals surface area contributed by atoms with Crippen LogP contribution in [0.3, 0.4) is 0 Å². The van der Waals surface area contributed by atoms with Crippen molar-refractivity contribution >= 4 is 23.6 Å². The SMILES string of the molecule is Cc1cscc1Cn1[nH]nnc1=S. The lowest BCUT2D eigenvalue weighted by molar-refractivity contribution is 0.641. The van der Waals surface area contributed by atoms with Gasteiger partial charge in [0.15, 0.2) is 0 Å². The topological polar surface area (TPSA) is 46.5 Å². The van der Waals surface area contributed by atoms with Crippen molar-refractivity contribution in [1.82, 2.24) is 20.2 Å². The van der Waals surface area contributed by atoms with Crippen LogP contribution in [0.5, 0.6) is 0 Å². The Morgan fingerprint density at radius 1 is 1.62 bits per heavy atom. The third-order valence-corrected chi connectivity index (χ3v) is 3.03. The second-order valence-corrected chi connectivity index (χ2v) is 3.86. The highest BCUT2D eigenvalue weighted by molar-refractivity contribution is 7.71. The summed E-state index contributed by atoms with van der Waals surface area (Å²) in [6, 6.07) is 0. The molecule has 0 aromatic carbocycles. The van der Waals surface area contributed by atoms with Gasteiger partial charge in [-0.1, -0.05) is 10.3 Å². The molecule has 0 atom stereocenters. The van der Waals surface area contributed by atoms with E-state index in [2.05, 4.69) is 33.2 Å². The van der Waals surface area contributed by atoms with Gasteiger partial charge in [-0.05, 0) is 41.0 Å². The minimum Gasteiger partial charge on any atom is -0.238 e. The van der Waals surface area contributed by atoms with E-state index in [1.165, 1.54) is 11.1 Å². The molecule has 0 saturated heterocycles. The zero-order chi connectivity index (χ0) is 9.26. The molecule has 6 heteroatoms. The second-order valence-electron chi connectivity index (χ2n) is 2.75. The average Bonchev–Trinajstić information content (AvgIpc) is 2.65. The first kappa shape index (κ1) is 8.58. The van der Waals surface area contributed by atoms with E-state index in [-0.39, 0.29) is 0 Å². The standard InChI is InChI=1S/C7H8N4S2/c1-5-3-13-4-6(5)2-11-7(12)8-9-10-11/h3-4H,2H2,1H3,(H,8,10,12). The third-order valence-electron chi connectivity index (χ3n) is 1.82. The summed E-state index contributed by atoms with van der Waals surface area (Å²) in [5.41, 5.74) is 2.54. The molecular formula is C7H8N4S2. The maximum absolute atomic E-state index is 4.96. The third kappa shape index (κ3) is 1.68. The number of H-pyrrole nitrogens is 1. The van der Waals surface area contributed by atoms with Gasteiger partial charge in [-0.25, -0.2) is 4.68 Å². The molecule has 4 nitrogen and oxygen atoms in total. The maximum atomic E-state index is 4.96. The number of rotatable bonds is 2. The fourth-order valence-corrected chi connectivity index (χ4v) is 2.03. The van der Waals surface area contributed by atoms with E-state index in [0.29, 0.717) is 4.77 Å². The van der Waals surface area contributed by atoms with Gasteiger partial charge >= 0.3 is 0 Å². The summed E-state index contributed by atoms with van der Waals surface area (Å²) in [4.78, 5) is 0. The molecule has 0 saturated carbocycles. The van der Waals surface area contributed by atoms with E-state index < -0.39 is 0 Å². The summed E-state index contributed by atoms with van der Waals surface area (Å²) in [7, 11) is 0. The predicted molar refractivity (Wildman–Crippen MR) is 53.4 cm³/mol. The van der Waals surface area contributed by atoms with Gasteiger partial charge in [-0.3, -0.25) is 0 Å². The smallest absolute Gasteiger partial charge is 0.238 e. The summed E-state index contributed by atoms with van der Waals surface area (Å²) in [6.45, 7) is 2.81. The molecule has 0 aliphatic carbocycles. The lowest BCUT2D eigenvalue weighted by Gasteiger charge is -1.98. The summed E-state index contributed by atoms with van der Waals surface area (Å²) >= 11 is 6.66. The number of aryl methyl sites for hydroxylation is 1. The van der Waals surface area contributed by atoms with Crippen molar-refractivity contribution < 1.29 is 0 Å². The second kappa shape index (κ2) is 3.39. The van der Waals surface area contributed by atoms with Crippen LogP contribution in [0.15, 0.2) is 10.8 Å². The van der Waals surface area contributed by atoms with Crippen molar-refractivity contribution in [3.8, 4) is 0 Å². The first-order chi connectivity index (χ1) is 6.27. The first-order valence-corrected chi connectivity index (χ1v) is 5.12. The van der Waals surface area contributed by atoms with Gasteiger partial charge in [0.05, 0.1) is 6.54 Å². The Balaban J connectivity index is 2.29. The molecule has 68 valence electrons. The molecule has 13 heavy (non-hydrogen) atoms. The number of hydrogen-bond acceptors (Lipinski definition) is 4. The van der Waals surface area contributed by atoms with Crippen molar-refractivity contribution in [1.29, 1.82) is 0 Å². The Hall–Kier alpha value is -1.01. The monoisotopic (exact) mass is 212 g/mol. The van der Waals surface area contributed by atoms with E-state index in [4.69, 9.17) is 12.2 Å². The molecule has 1 N–H and O–H groups in total. The Labute approximate surface area is 84.2 Å². The van der Waals surface area contributed by atoms with Crippen LogP contribution >= 0.6 is 23.6 Å². The summed E-state index contributed by atoms with van der Waals surface area (Å²) < 4.78 is 2.23. The molecule has 0 amide bonds. The van der Waals surface area contributed by atoms with E-state index >= 15 is 0 Å². The van der Waals surface area contributed by atoms with Gasteiger partial charge in [0, 0.05) is 0 Å². The highest BCUT2D eigenvalue weighted by Crippen LogP contribution is 2.14. The lowest BCUT2D eigenvalue weighted by Crippen LogP contribution is -2.01. The van der Waals surface area contributed by atoms with E-state index in [9.17, 15) is 0 Å². The molecule has 0 fully saturated rings. The van der Waals surface area contributed by atoms with Crippen molar-refractivity contribution in [2.75, 3.05) is 0 Å². The van der Waals surface area contributed by atoms with E-state index in [0.717, 1.165) is 6.54 Å². The van der Waals surface area contributed by atoms with Crippen molar-refractivity contribution in [3.05, 3.63) is 26.7 Å². The lowest BCUT2D eigenvalue weighted by atomic mass is 10.2. The number of nitrogens with zero attached hydrogens (tertiary/aromatic N) is 3. The van der Waals surface area contributed by atoms with Crippen molar-refractivity contribution in [2.45, 2.75) is 13.5 Å². The molecule has 2 aromatic heterocycles. The van der Waals surface area contributed by atoms with Crippen molar-refractivity contribution in [2.24, 2.45) is 0 Å². The molecule has 0 unspecified atom stereocenters. The number of thiophene rings is 1. The molecule has 0 aliphatic heterocycles. The number of nitrogens with one attached hydrogen (secondary N) is 1. The zero-order valence-corrected chi connectivity index (χ0v) is 8.65. The van der Waals surface area contributed by atoms with Crippen LogP contribution in [-0.2, 0) is 6.54 Å². The quantitative estimate of drug-likeness (QED) is 0.771. The molecule has 0 radical (unpaired) electrons. The van der Waals surface area contributed by atoms with Crippen LogP contribution in [0, 0.1) is 11.7 Å². The number of aromatic nitrogens is 4. The van der Waals surface area contributed by atoms with Crippen LogP contribution in [0.2, 0.25) is 0 Å². The van der Waals surface area contributed by atoms with Crippen LogP contribution in [0.4, 0.5) is 0 Å². The molecule has 0 spiro atoms. The maximum Gasteiger partial charge on any atom is 0.238 e. The number of hydrogen-bond donors (Lipinski definition) is 1. The number of aromatic amines is 1. The van der Waals surface area contributed by atoms with E-state index in [1.807, 2.05) is 0 Å². The van der Waals surface area contributed by atoms with Crippen LogP contribution in [-0.4, -0.2) is 20.2 Å². The van der Waals surface area contributed by atoms with Crippen LogP contribution in [0.1, 0.15) is 11.1 Å². The fourth-order valence-electron chi connectivity index (χ4n) is 1.04. The Kier molecular flexibility index (Phi) is 2.24. The summed E-state index contributed by atoms with van der Waals surface area (Å²) in [5, 5.41) is 14.3. The van der Waals surface area contributed by atoms with E-state index in [1.54, 1.807) is 16.0 Å². The normalized spacial score (nSPS) is 10.5. The van der Waals surface area contributed by atoms with Gasteiger partial charge in [0.1, 0.15) is 0 Å². The Morgan fingerprint density at radius 3 is 3.00 bits per heavy atom. The first-order valence-electron chi connectivity index (χ1n) is 3.77. The zero-order valence-electron chi connectivity index (χ0n) is 7.02. The largest absolute Gasteiger partial charge is 0.238 e. The van der Waals surface area contributed by atoms with Crippen LogP contribution < -0.4 is 0 Å². The van der Waals surface area contributed by atoms with Gasteiger partial charge in [-0.15, -0.1) is 0 Å². The fraction of sp³-hybridized carbons (Fsp3) is 0.286. The molecular weight excluding hydrogens is 204 g/mol. The summed E-state index contributed by atoms with van der Waals surface area (Å²) in [6.07, 6.45) is 0. The minimum absolute atomic E-state index is 0.491. The highest BCUT2D eigenvalue weighted by Gasteiger charge is 2.01. The average molecular weight is 212 g/mol. The predicted octanol–water partition coefficient (Wildman–Crippen LogP) is 1.75. The number of tetrazole rings is 1. The molecule has 0 aliphatic rings.